The van der Waals surface area contributed by atoms with Crippen molar-refractivity contribution >= 4 is 28.8 Å². The highest BCUT2D eigenvalue weighted by Gasteiger charge is 2.15. The van der Waals surface area contributed by atoms with E-state index in [4.69, 9.17) is 23.7 Å². The van der Waals surface area contributed by atoms with Crippen LogP contribution in [-0.4, -0.2) is 27.8 Å². The summed E-state index contributed by atoms with van der Waals surface area (Å²) >= 11 is 0. The number of fused-ring (bicyclic) bond motifs is 2. The Morgan fingerprint density at radius 3 is 2.79 bits per heavy atom. The summed E-state index contributed by atoms with van der Waals surface area (Å²) in [5, 5.41) is 12.1. The standard InChI is InChI=1S/C20H13N3O6/c24-19(25)15-8-13(5-6-21-15)28-12-2-3-14-17(9-12)29-20(23-14)22-11-1-4-16-18(7-11)27-10-26-16/h1-9H,10H2,(H,22,23)(H,24,25). The summed E-state index contributed by atoms with van der Waals surface area (Å²) in [7, 11) is 0. The quantitative estimate of drug-likeness (QED) is 0.516. The molecule has 5 rings (SSSR count). The summed E-state index contributed by atoms with van der Waals surface area (Å²) in [5.41, 5.74) is 1.80. The molecule has 0 fully saturated rings. The van der Waals surface area contributed by atoms with Crippen molar-refractivity contribution in [2.75, 3.05) is 12.1 Å². The van der Waals surface area contributed by atoms with Gasteiger partial charge in [-0.05, 0) is 30.3 Å². The second-order valence-corrected chi connectivity index (χ2v) is 6.13. The molecule has 0 bridgehead atoms. The highest BCUT2D eigenvalue weighted by molar-refractivity contribution is 5.85. The minimum Gasteiger partial charge on any atom is -0.477 e. The summed E-state index contributed by atoms with van der Waals surface area (Å²) in [4.78, 5) is 19.2. The monoisotopic (exact) mass is 391 g/mol. The molecule has 0 spiro atoms. The number of rotatable bonds is 5. The molecule has 29 heavy (non-hydrogen) atoms. The van der Waals surface area contributed by atoms with Crippen molar-refractivity contribution in [1.29, 1.82) is 0 Å². The van der Waals surface area contributed by atoms with Crippen LogP contribution in [0.15, 0.2) is 59.1 Å². The van der Waals surface area contributed by atoms with Crippen LogP contribution in [0, 0.1) is 0 Å². The van der Waals surface area contributed by atoms with Gasteiger partial charge in [0.1, 0.15) is 17.0 Å². The van der Waals surface area contributed by atoms with Gasteiger partial charge in [0.05, 0.1) is 0 Å². The molecule has 0 saturated carbocycles. The van der Waals surface area contributed by atoms with Crippen molar-refractivity contribution < 1.29 is 28.5 Å². The number of carboxylic acids is 1. The van der Waals surface area contributed by atoms with Crippen LogP contribution in [-0.2, 0) is 0 Å². The third-order valence-corrected chi connectivity index (χ3v) is 4.17. The summed E-state index contributed by atoms with van der Waals surface area (Å²) < 4.78 is 22.1. The Hall–Kier alpha value is -4.27. The fraction of sp³-hybridized carbons (Fsp3) is 0.0500. The molecular weight excluding hydrogens is 378 g/mol. The van der Waals surface area contributed by atoms with Crippen molar-refractivity contribution in [2.24, 2.45) is 0 Å². The first-order chi connectivity index (χ1) is 14.1. The van der Waals surface area contributed by atoms with E-state index >= 15 is 0 Å². The number of hydrogen-bond donors (Lipinski definition) is 2. The van der Waals surface area contributed by atoms with Gasteiger partial charge in [0.2, 0.25) is 6.79 Å². The van der Waals surface area contributed by atoms with E-state index < -0.39 is 5.97 Å². The van der Waals surface area contributed by atoms with Gasteiger partial charge in [-0.15, -0.1) is 0 Å². The molecule has 0 radical (unpaired) electrons. The summed E-state index contributed by atoms with van der Waals surface area (Å²) in [6.07, 6.45) is 1.37. The average molecular weight is 391 g/mol. The van der Waals surface area contributed by atoms with Crippen LogP contribution in [0.3, 0.4) is 0 Å². The van der Waals surface area contributed by atoms with Gasteiger partial charge in [-0.25, -0.2) is 9.78 Å². The molecule has 9 nitrogen and oxygen atoms in total. The molecule has 0 saturated heterocycles. The Bertz CT molecular complexity index is 1240. The van der Waals surface area contributed by atoms with Crippen LogP contribution in [0.1, 0.15) is 10.5 Å². The predicted molar refractivity (Wildman–Crippen MR) is 101 cm³/mol. The Kier molecular flexibility index (Phi) is 3.91. The Morgan fingerprint density at radius 2 is 1.90 bits per heavy atom. The van der Waals surface area contributed by atoms with Crippen molar-refractivity contribution in [3.63, 3.8) is 0 Å². The molecule has 0 amide bonds. The van der Waals surface area contributed by atoms with Gasteiger partial charge in [0.15, 0.2) is 22.8 Å². The maximum atomic E-state index is 11.0. The van der Waals surface area contributed by atoms with Gasteiger partial charge in [-0.3, -0.25) is 0 Å². The largest absolute Gasteiger partial charge is 0.477 e. The molecule has 144 valence electrons. The number of aromatic nitrogens is 2. The number of carboxylic acid groups (broad SMARTS) is 1. The lowest BCUT2D eigenvalue weighted by Crippen LogP contribution is -1.99. The number of carbonyl (C=O) groups is 1. The third kappa shape index (κ3) is 3.36. The summed E-state index contributed by atoms with van der Waals surface area (Å²) in [5.74, 6) is 1.05. The fourth-order valence-corrected chi connectivity index (χ4v) is 2.85. The second-order valence-electron chi connectivity index (χ2n) is 6.13. The first kappa shape index (κ1) is 16.9. The van der Waals surface area contributed by atoms with E-state index in [-0.39, 0.29) is 12.5 Å². The topological polar surface area (TPSA) is 116 Å². The predicted octanol–water partition coefficient (Wildman–Crippen LogP) is 4.19. The number of hydrogen-bond acceptors (Lipinski definition) is 8. The molecule has 1 aliphatic rings. The normalized spacial score (nSPS) is 12.1. The fourth-order valence-electron chi connectivity index (χ4n) is 2.85. The van der Waals surface area contributed by atoms with E-state index in [1.54, 1.807) is 36.4 Å². The molecule has 0 aliphatic carbocycles. The molecule has 0 unspecified atom stereocenters. The highest BCUT2D eigenvalue weighted by Crippen LogP contribution is 2.35. The van der Waals surface area contributed by atoms with Crippen LogP contribution in [0.5, 0.6) is 23.0 Å². The molecule has 2 aromatic heterocycles. The maximum absolute atomic E-state index is 11.0. The zero-order chi connectivity index (χ0) is 19.8. The SMILES string of the molecule is O=C(O)c1cc(Oc2ccc3nc(Nc4ccc5c(c4)OCO5)oc3c2)ccn1. The maximum Gasteiger partial charge on any atom is 0.354 e. The number of nitrogens with zero attached hydrogens (tertiary/aromatic N) is 2. The van der Waals surface area contributed by atoms with Crippen molar-refractivity contribution in [3.05, 3.63) is 60.4 Å². The lowest BCUT2D eigenvalue weighted by Gasteiger charge is -2.05. The summed E-state index contributed by atoms with van der Waals surface area (Å²) in [6, 6.07) is 13.8. The van der Waals surface area contributed by atoms with Crippen LogP contribution >= 0.6 is 0 Å². The van der Waals surface area contributed by atoms with E-state index in [1.807, 2.05) is 6.07 Å². The number of nitrogens with one attached hydrogen (secondary N) is 1. The van der Waals surface area contributed by atoms with Crippen LogP contribution < -0.4 is 19.5 Å². The number of pyridine rings is 1. The van der Waals surface area contributed by atoms with Crippen molar-refractivity contribution in [2.45, 2.75) is 0 Å². The van der Waals surface area contributed by atoms with E-state index in [0.29, 0.717) is 40.1 Å². The molecule has 4 aromatic rings. The number of benzene rings is 2. The number of aromatic carboxylic acids is 1. The Labute approximate surface area is 163 Å². The molecule has 1 aliphatic heterocycles. The van der Waals surface area contributed by atoms with Gasteiger partial charge in [0, 0.05) is 30.1 Å². The molecular formula is C20H13N3O6. The molecule has 2 N–H and O–H groups in total. The van der Waals surface area contributed by atoms with Crippen LogP contribution in [0.25, 0.3) is 11.1 Å². The lowest BCUT2D eigenvalue weighted by molar-refractivity contribution is 0.0690. The van der Waals surface area contributed by atoms with Gasteiger partial charge in [-0.1, -0.05) is 0 Å². The number of ether oxygens (including phenoxy) is 3. The van der Waals surface area contributed by atoms with E-state index in [0.717, 1.165) is 5.69 Å². The highest BCUT2D eigenvalue weighted by atomic mass is 16.7. The van der Waals surface area contributed by atoms with Crippen LogP contribution in [0.2, 0.25) is 0 Å². The van der Waals surface area contributed by atoms with E-state index in [1.165, 1.54) is 12.3 Å². The lowest BCUT2D eigenvalue weighted by atomic mass is 10.3. The third-order valence-electron chi connectivity index (χ3n) is 4.17. The van der Waals surface area contributed by atoms with Gasteiger partial charge in [-0.2, -0.15) is 4.98 Å². The number of oxazole rings is 1. The molecule has 9 heteroatoms. The molecule has 2 aromatic carbocycles. The van der Waals surface area contributed by atoms with E-state index in [9.17, 15) is 4.79 Å². The van der Waals surface area contributed by atoms with Gasteiger partial charge >= 0.3 is 5.97 Å². The first-order valence-corrected chi connectivity index (χ1v) is 8.58. The van der Waals surface area contributed by atoms with Crippen LogP contribution in [0.4, 0.5) is 11.7 Å². The number of anilines is 2. The second kappa shape index (κ2) is 6.71. The van der Waals surface area contributed by atoms with E-state index in [2.05, 4.69) is 15.3 Å². The van der Waals surface area contributed by atoms with Gasteiger partial charge < -0.3 is 29.1 Å². The first-order valence-electron chi connectivity index (χ1n) is 8.58. The van der Waals surface area contributed by atoms with Crippen molar-refractivity contribution in [3.8, 4) is 23.0 Å². The zero-order valence-electron chi connectivity index (χ0n) is 14.8. The smallest absolute Gasteiger partial charge is 0.354 e. The Morgan fingerprint density at radius 1 is 1.03 bits per heavy atom. The minimum absolute atomic E-state index is 0.0987. The molecule has 0 atom stereocenters. The molecule has 3 heterocycles. The zero-order valence-corrected chi connectivity index (χ0v) is 14.8. The summed E-state index contributed by atoms with van der Waals surface area (Å²) in [6.45, 7) is 0.204. The Balaban J connectivity index is 1.37. The van der Waals surface area contributed by atoms with Crippen molar-refractivity contribution in [1.82, 2.24) is 9.97 Å². The van der Waals surface area contributed by atoms with Gasteiger partial charge in [0.25, 0.3) is 6.01 Å². The minimum atomic E-state index is -1.12. The average Bonchev–Trinajstić information content (AvgIpc) is 3.33.